The summed E-state index contributed by atoms with van der Waals surface area (Å²) in [6.07, 6.45) is 1.11. The number of hydrogen-bond donors (Lipinski definition) is 2. The third-order valence-electron chi connectivity index (χ3n) is 5.78. The van der Waals surface area contributed by atoms with Crippen molar-refractivity contribution < 1.29 is 22.7 Å². The van der Waals surface area contributed by atoms with Crippen LogP contribution in [0.2, 0.25) is 0 Å². The van der Waals surface area contributed by atoms with Crippen LogP contribution >= 0.6 is 0 Å². The number of sulfonamides is 1. The van der Waals surface area contributed by atoms with Gasteiger partial charge in [-0.25, -0.2) is 12.8 Å². The number of fused-ring (bicyclic) bond motifs is 1. The molecule has 6 nitrogen and oxygen atoms in total. The number of rotatable bonds is 3. The fourth-order valence-corrected chi connectivity index (χ4v) is 5.81. The molecule has 2 heterocycles. The summed E-state index contributed by atoms with van der Waals surface area (Å²) < 4.78 is 40.8. The molecule has 1 amide bonds. The summed E-state index contributed by atoms with van der Waals surface area (Å²) in [5.41, 5.74) is 0.605. The zero-order chi connectivity index (χ0) is 19.9. The van der Waals surface area contributed by atoms with Crippen molar-refractivity contribution in [2.75, 3.05) is 19.7 Å². The Labute approximate surface area is 163 Å². The molecule has 2 aliphatic heterocycles. The number of carbonyl (C=O) groups is 1. The second-order valence-electron chi connectivity index (χ2n) is 7.40. The van der Waals surface area contributed by atoms with E-state index in [1.807, 2.05) is 12.1 Å². The van der Waals surface area contributed by atoms with Crippen molar-refractivity contribution in [3.63, 3.8) is 0 Å². The Morgan fingerprint density at radius 1 is 1.21 bits per heavy atom. The summed E-state index contributed by atoms with van der Waals surface area (Å²) in [7, 11) is -3.95. The van der Waals surface area contributed by atoms with Crippen molar-refractivity contribution in [1.29, 1.82) is 0 Å². The molecule has 1 fully saturated rings. The predicted octanol–water partition coefficient (Wildman–Crippen LogP) is 1.55. The molecule has 148 valence electrons. The summed E-state index contributed by atoms with van der Waals surface area (Å²) >= 11 is 0. The van der Waals surface area contributed by atoms with Crippen molar-refractivity contribution in [1.82, 2.24) is 9.62 Å². The van der Waals surface area contributed by atoms with E-state index in [1.165, 1.54) is 22.5 Å². The van der Waals surface area contributed by atoms with Crippen molar-refractivity contribution in [2.45, 2.75) is 23.3 Å². The van der Waals surface area contributed by atoms with E-state index < -0.39 is 27.3 Å². The quantitative estimate of drug-likeness (QED) is 0.813. The normalized spacial score (nSPS) is 25.4. The monoisotopic (exact) mass is 404 g/mol. The van der Waals surface area contributed by atoms with Gasteiger partial charge in [-0.1, -0.05) is 24.3 Å². The second-order valence-corrected chi connectivity index (χ2v) is 9.34. The Morgan fingerprint density at radius 3 is 2.75 bits per heavy atom. The lowest BCUT2D eigenvalue weighted by atomic mass is 9.83. The molecular formula is C20H21FN2O4S. The van der Waals surface area contributed by atoms with Crippen LogP contribution in [0.5, 0.6) is 0 Å². The topological polar surface area (TPSA) is 86.7 Å². The second kappa shape index (κ2) is 6.95. The molecule has 0 bridgehead atoms. The van der Waals surface area contributed by atoms with Gasteiger partial charge in [0.1, 0.15) is 5.82 Å². The van der Waals surface area contributed by atoms with Crippen LogP contribution in [0, 0.1) is 11.7 Å². The van der Waals surface area contributed by atoms with Crippen molar-refractivity contribution in [3.05, 3.63) is 65.5 Å². The number of halogens is 1. The lowest BCUT2D eigenvalue weighted by molar-refractivity contribution is 0.0848. The fraction of sp³-hybridized carbons (Fsp3) is 0.350. The molecule has 2 N–H and O–H groups in total. The standard InChI is InChI=1S/C20H21FN2O4S/c21-16-5-3-6-17(10-16)28(26,27)23-11-15(12-24)20(13-23)9-8-14-4-1-2-7-18(14)19(25)22-20/h1-7,10,15,24H,8-9,11-13H2,(H,22,25)/t15-,20+/m0/s1. The number of benzene rings is 2. The Morgan fingerprint density at radius 2 is 2.00 bits per heavy atom. The van der Waals surface area contributed by atoms with Gasteiger partial charge in [0.25, 0.3) is 5.91 Å². The highest BCUT2D eigenvalue weighted by atomic mass is 32.2. The highest BCUT2D eigenvalue weighted by Crippen LogP contribution is 2.37. The van der Waals surface area contributed by atoms with Gasteiger partial charge in [0, 0.05) is 31.2 Å². The summed E-state index contributed by atoms with van der Waals surface area (Å²) in [4.78, 5) is 12.7. The number of aryl methyl sites for hydroxylation is 1. The highest BCUT2D eigenvalue weighted by Gasteiger charge is 2.51. The minimum Gasteiger partial charge on any atom is -0.396 e. The van der Waals surface area contributed by atoms with Gasteiger partial charge in [0.05, 0.1) is 10.4 Å². The van der Waals surface area contributed by atoms with E-state index in [0.717, 1.165) is 11.6 Å². The number of carbonyl (C=O) groups excluding carboxylic acids is 1. The van der Waals surface area contributed by atoms with Gasteiger partial charge in [-0.2, -0.15) is 4.31 Å². The Kier molecular flexibility index (Phi) is 4.73. The molecule has 0 aromatic heterocycles. The van der Waals surface area contributed by atoms with Gasteiger partial charge < -0.3 is 10.4 Å². The summed E-state index contributed by atoms with van der Waals surface area (Å²) in [6.45, 7) is -0.158. The first-order chi connectivity index (χ1) is 13.4. The zero-order valence-electron chi connectivity index (χ0n) is 15.1. The average Bonchev–Trinajstić information content (AvgIpc) is 2.98. The van der Waals surface area contributed by atoms with E-state index in [-0.39, 0.29) is 30.5 Å². The van der Waals surface area contributed by atoms with Gasteiger partial charge in [0.2, 0.25) is 10.0 Å². The van der Waals surface area contributed by atoms with Crippen LogP contribution in [0.15, 0.2) is 53.4 Å². The maximum Gasteiger partial charge on any atom is 0.252 e. The molecule has 0 radical (unpaired) electrons. The minimum atomic E-state index is -3.95. The SMILES string of the molecule is O=C1N[C@]2(CCc3ccccc31)CN(S(=O)(=O)c1cccc(F)c1)C[C@H]2CO. The van der Waals surface area contributed by atoms with Crippen LogP contribution in [0.3, 0.4) is 0 Å². The molecular weight excluding hydrogens is 383 g/mol. The van der Waals surface area contributed by atoms with E-state index in [4.69, 9.17) is 0 Å². The number of aliphatic hydroxyl groups is 1. The van der Waals surface area contributed by atoms with E-state index in [1.54, 1.807) is 12.1 Å². The molecule has 1 spiro atoms. The average molecular weight is 404 g/mol. The maximum atomic E-state index is 13.6. The van der Waals surface area contributed by atoms with E-state index >= 15 is 0 Å². The molecule has 0 aliphatic carbocycles. The molecule has 0 saturated carbocycles. The molecule has 28 heavy (non-hydrogen) atoms. The first-order valence-electron chi connectivity index (χ1n) is 9.13. The van der Waals surface area contributed by atoms with E-state index in [0.29, 0.717) is 18.4 Å². The predicted molar refractivity (Wildman–Crippen MR) is 101 cm³/mol. The molecule has 0 unspecified atom stereocenters. The Hall–Kier alpha value is -2.29. The molecule has 2 atom stereocenters. The first kappa shape index (κ1) is 19.0. The van der Waals surface area contributed by atoms with Crippen LogP contribution in [0.1, 0.15) is 22.3 Å². The number of nitrogens with one attached hydrogen (secondary N) is 1. The molecule has 2 aliphatic rings. The lowest BCUT2D eigenvalue weighted by Crippen LogP contribution is -2.54. The van der Waals surface area contributed by atoms with Gasteiger partial charge in [0.15, 0.2) is 0 Å². The summed E-state index contributed by atoms with van der Waals surface area (Å²) in [6, 6.07) is 12.1. The number of amides is 1. The maximum absolute atomic E-state index is 13.6. The Bertz CT molecular complexity index is 1030. The molecule has 8 heteroatoms. The van der Waals surface area contributed by atoms with Gasteiger partial charge in [-0.05, 0) is 42.7 Å². The van der Waals surface area contributed by atoms with Crippen LogP contribution in [-0.4, -0.2) is 49.0 Å². The van der Waals surface area contributed by atoms with Crippen LogP contribution in [-0.2, 0) is 16.4 Å². The highest BCUT2D eigenvalue weighted by molar-refractivity contribution is 7.89. The number of aliphatic hydroxyl groups excluding tert-OH is 1. The zero-order valence-corrected chi connectivity index (χ0v) is 16.0. The number of nitrogens with zero attached hydrogens (tertiary/aromatic N) is 1. The van der Waals surface area contributed by atoms with Gasteiger partial charge in [-0.3, -0.25) is 4.79 Å². The molecule has 2 aromatic carbocycles. The first-order valence-corrected chi connectivity index (χ1v) is 10.6. The van der Waals surface area contributed by atoms with Gasteiger partial charge >= 0.3 is 0 Å². The third-order valence-corrected chi connectivity index (χ3v) is 7.59. The lowest BCUT2D eigenvalue weighted by Gasteiger charge is -2.33. The third kappa shape index (κ3) is 3.11. The molecule has 1 saturated heterocycles. The number of hydrogen-bond acceptors (Lipinski definition) is 4. The fourth-order valence-electron chi connectivity index (χ4n) is 4.22. The van der Waals surface area contributed by atoms with Crippen molar-refractivity contribution >= 4 is 15.9 Å². The van der Waals surface area contributed by atoms with Crippen molar-refractivity contribution in [2.24, 2.45) is 5.92 Å². The molecule has 4 rings (SSSR count). The summed E-state index contributed by atoms with van der Waals surface area (Å²) in [5, 5.41) is 12.9. The minimum absolute atomic E-state index is 0.0385. The van der Waals surface area contributed by atoms with Crippen LogP contribution < -0.4 is 5.32 Å². The Balaban J connectivity index is 1.67. The molecule has 2 aromatic rings. The van der Waals surface area contributed by atoms with Crippen LogP contribution in [0.4, 0.5) is 4.39 Å². The summed E-state index contributed by atoms with van der Waals surface area (Å²) in [5.74, 6) is -1.35. The largest absolute Gasteiger partial charge is 0.396 e. The van der Waals surface area contributed by atoms with Crippen molar-refractivity contribution in [3.8, 4) is 0 Å². The van der Waals surface area contributed by atoms with E-state index in [9.17, 15) is 22.7 Å². The smallest absolute Gasteiger partial charge is 0.252 e. The van der Waals surface area contributed by atoms with E-state index in [2.05, 4.69) is 5.32 Å². The van der Waals surface area contributed by atoms with Crippen LogP contribution in [0.25, 0.3) is 0 Å². The van der Waals surface area contributed by atoms with Gasteiger partial charge in [-0.15, -0.1) is 0 Å².